The molecule has 0 bridgehead atoms. The molecule has 1 heterocycles. The van der Waals surface area contributed by atoms with Crippen LogP contribution in [0.3, 0.4) is 0 Å². The van der Waals surface area contributed by atoms with E-state index in [1.165, 1.54) is 28.8 Å². The van der Waals surface area contributed by atoms with Crippen molar-refractivity contribution >= 4 is 15.7 Å². The summed E-state index contributed by atoms with van der Waals surface area (Å²) in [4.78, 5) is 10.9. The first-order valence-corrected chi connectivity index (χ1v) is 10.7. The third-order valence-corrected chi connectivity index (χ3v) is 6.45. The van der Waals surface area contributed by atoms with Gasteiger partial charge in [-0.3, -0.25) is 10.1 Å². The van der Waals surface area contributed by atoms with E-state index in [2.05, 4.69) is 0 Å². The Labute approximate surface area is 174 Å². The van der Waals surface area contributed by atoms with Gasteiger partial charge in [-0.15, -0.1) is 0 Å². The lowest BCUT2D eigenvalue weighted by molar-refractivity contribution is -0.385. The standard InChI is InChI=1S/C21H22N2O6S/c1-3-28-18-9-11-20(12-10-18)30(26,27)22(15-19-7-5-13-29-19)14-17-6-4-8-21(16(17)2)23(24)25/h4-13H,3,14-15H2,1-2H3. The summed E-state index contributed by atoms with van der Waals surface area (Å²) in [6.07, 6.45) is 1.47. The zero-order valence-electron chi connectivity index (χ0n) is 16.6. The number of rotatable bonds is 9. The number of furan rings is 1. The van der Waals surface area contributed by atoms with Gasteiger partial charge in [0.05, 0.1) is 29.2 Å². The van der Waals surface area contributed by atoms with Crippen LogP contribution in [0.2, 0.25) is 0 Å². The maximum atomic E-state index is 13.4. The van der Waals surface area contributed by atoms with Gasteiger partial charge in [-0.2, -0.15) is 4.31 Å². The van der Waals surface area contributed by atoms with E-state index in [9.17, 15) is 18.5 Å². The molecule has 0 saturated carbocycles. The van der Waals surface area contributed by atoms with E-state index in [4.69, 9.17) is 9.15 Å². The molecule has 3 rings (SSSR count). The number of nitro benzene ring substituents is 1. The molecule has 2 aromatic carbocycles. The van der Waals surface area contributed by atoms with E-state index in [1.807, 2.05) is 6.92 Å². The molecule has 0 aliphatic heterocycles. The second-order valence-electron chi connectivity index (χ2n) is 6.58. The monoisotopic (exact) mass is 430 g/mol. The molecule has 0 unspecified atom stereocenters. The van der Waals surface area contributed by atoms with Gasteiger partial charge in [0.15, 0.2) is 0 Å². The zero-order chi connectivity index (χ0) is 21.7. The van der Waals surface area contributed by atoms with Gasteiger partial charge in [0.25, 0.3) is 5.69 Å². The van der Waals surface area contributed by atoms with Gasteiger partial charge in [-0.1, -0.05) is 12.1 Å². The molecule has 0 atom stereocenters. The first-order chi connectivity index (χ1) is 14.3. The van der Waals surface area contributed by atoms with E-state index in [1.54, 1.807) is 43.3 Å². The predicted molar refractivity (Wildman–Crippen MR) is 111 cm³/mol. The third kappa shape index (κ3) is 4.69. The van der Waals surface area contributed by atoms with Gasteiger partial charge in [0.1, 0.15) is 11.5 Å². The summed E-state index contributed by atoms with van der Waals surface area (Å²) in [7, 11) is -3.91. The van der Waals surface area contributed by atoms with Crippen LogP contribution in [0, 0.1) is 17.0 Å². The Morgan fingerprint density at radius 3 is 2.40 bits per heavy atom. The summed E-state index contributed by atoms with van der Waals surface area (Å²) in [6, 6.07) is 14.2. The highest BCUT2D eigenvalue weighted by Crippen LogP contribution is 2.27. The van der Waals surface area contributed by atoms with Gasteiger partial charge >= 0.3 is 0 Å². The molecule has 0 radical (unpaired) electrons. The number of hydrogen-bond acceptors (Lipinski definition) is 6. The van der Waals surface area contributed by atoms with Crippen molar-refractivity contribution in [3.8, 4) is 5.75 Å². The molecule has 1 aromatic heterocycles. The lowest BCUT2D eigenvalue weighted by Gasteiger charge is -2.22. The van der Waals surface area contributed by atoms with Crippen LogP contribution < -0.4 is 4.74 Å². The van der Waals surface area contributed by atoms with E-state index in [-0.39, 0.29) is 23.7 Å². The average Bonchev–Trinajstić information content (AvgIpc) is 3.22. The SMILES string of the molecule is CCOc1ccc(S(=O)(=O)N(Cc2ccco2)Cc2cccc([N+](=O)[O-])c2C)cc1. The summed E-state index contributed by atoms with van der Waals surface area (Å²) in [5.74, 6) is 1.04. The molecule has 8 nitrogen and oxygen atoms in total. The molecular formula is C21H22N2O6S. The first-order valence-electron chi connectivity index (χ1n) is 9.31. The quantitative estimate of drug-likeness (QED) is 0.371. The van der Waals surface area contributed by atoms with Crippen LogP contribution in [0.4, 0.5) is 5.69 Å². The highest BCUT2D eigenvalue weighted by Gasteiger charge is 2.27. The minimum Gasteiger partial charge on any atom is -0.494 e. The first kappa shape index (κ1) is 21.5. The summed E-state index contributed by atoms with van der Waals surface area (Å²) in [5.41, 5.74) is 0.919. The summed E-state index contributed by atoms with van der Waals surface area (Å²) < 4.78 is 38.7. The summed E-state index contributed by atoms with van der Waals surface area (Å²) in [6.45, 7) is 3.89. The van der Waals surface area contributed by atoms with E-state index in [0.29, 0.717) is 29.2 Å². The molecular weight excluding hydrogens is 408 g/mol. The molecule has 9 heteroatoms. The third-order valence-electron chi connectivity index (χ3n) is 4.65. The van der Waals surface area contributed by atoms with Crippen LogP contribution >= 0.6 is 0 Å². The van der Waals surface area contributed by atoms with E-state index >= 15 is 0 Å². The highest BCUT2D eigenvalue weighted by molar-refractivity contribution is 7.89. The van der Waals surface area contributed by atoms with Gasteiger partial charge in [-0.05, 0) is 55.8 Å². The molecule has 158 valence electrons. The average molecular weight is 430 g/mol. The fourth-order valence-electron chi connectivity index (χ4n) is 3.05. The number of nitrogens with zero attached hydrogens (tertiary/aromatic N) is 2. The lowest BCUT2D eigenvalue weighted by Crippen LogP contribution is -2.30. The summed E-state index contributed by atoms with van der Waals surface area (Å²) >= 11 is 0. The number of sulfonamides is 1. The Morgan fingerprint density at radius 1 is 1.07 bits per heavy atom. The minimum atomic E-state index is -3.91. The lowest BCUT2D eigenvalue weighted by atomic mass is 10.1. The second kappa shape index (κ2) is 9.10. The van der Waals surface area contributed by atoms with Crippen LogP contribution in [0.15, 0.2) is 70.2 Å². The van der Waals surface area contributed by atoms with Crippen LogP contribution in [0.25, 0.3) is 0 Å². The van der Waals surface area contributed by atoms with Crippen molar-refractivity contribution in [2.45, 2.75) is 31.8 Å². The Kier molecular flexibility index (Phi) is 6.53. The molecule has 0 saturated heterocycles. The van der Waals surface area contributed by atoms with Crippen LogP contribution in [0.1, 0.15) is 23.8 Å². The van der Waals surface area contributed by atoms with Gasteiger partial charge < -0.3 is 9.15 Å². The number of hydrogen-bond donors (Lipinski definition) is 0. The van der Waals surface area contributed by atoms with Gasteiger partial charge in [-0.25, -0.2) is 8.42 Å². The Morgan fingerprint density at radius 2 is 1.80 bits per heavy atom. The molecule has 0 aliphatic rings. The maximum Gasteiger partial charge on any atom is 0.272 e. The smallest absolute Gasteiger partial charge is 0.272 e. The van der Waals surface area contributed by atoms with E-state index in [0.717, 1.165) is 0 Å². The molecule has 0 N–H and O–H groups in total. The van der Waals surface area contributed by atoms with Crippen molar-refractivity contribution in [2.75, 3.05) is 6.61 Å². The maximum absolute atomic E-state index is 13.4. The highest BCUT2D eigenvalue weighted by atomic mass is 32.2. The molecule has 3 aromatic rings. The number of benzene rings is 2. The Bertz CT molecular complexity index is 1110. The fraction of sp³-hybridized carbons (Fsp3) is 0.238. The second-order valence-corrected chi connectivity index (χ2v) is 8.51. The molecule has 0 fully saturated rings. The van der Waals surface area contributed by atoms with Crippen molar-refractivity contribution in [2.24, 2.45) is 0 Å². The summed E-state index contributed by atoms with van der Waals surface area (Å²) in [5, 5.41) is 11.3. The Balaban J connectivity index is 1.98. The van der Waals surface area contributed by atoms with Crippen molar-refractivity contribution in [1.29, 1.82) is 0 Å². The van der Waals surface area contributed by atoms with Crippen molar-refractivity contribution in [3.05, 3.63) is 87.9 Å². The Hall–Kier alpha value is -3.17. The number of ether oxygens (including phenoxy) is 1. The molecule has 0 spiro atoms. The van der Waals surface area contributed by atoms with Gasteiger partial charge in [0.2, 0.25) is 10.0 Å². The van der Waals surface area contributed by atoms with Crippen molar-refractivity contribution in [1.82, 2.24) is 4.31 Å². The number of nitro groups is 1. The van der Waals surface area contributed by atoms with Gasteiger partial charge in [0, 0.05) is 18.2 Å². The normalized spacial score (nSPS) is 11.6. The van der Waals surface area contributed by atoms with Crippen LogP contribution in [-0.4, -0.2) is 24.3 Å². The van der Waals surface area contributed by atoms with Crippen molar-refractivity contribution < 1.29 is 22.5 Å². The largest absolute Gasteiger partial charge is 0.494 e. The van der Waals surface area contributed by atoms with Crippen molar-refractivity contribution in [3.63, 3.8) is 0 Å². The topological polar surface area (TPSA) is 103 Å². The van der Waals surface area contributed by atoms with Crippen LogP contribution in [0.5, 0.6) is 5.75 Å². The van der Waals surface area contributed by atoms with E-state index < -0.39 is 14.9 Å². The van der Waals surface area contributed by atoms with Crippen LogP contribution in [-0.2, 0) is 23.1 Å². The predicted octanol–water partition coefficient (Wildman–Crippen LogP) is 4.29. The molecule has 30 heavy (non-hydrogen) atoms. The zero-order valence-corrected chi connectivity index (χ0v) is 17.5. The molecule has 0 aliphatic carbocycles. The minimum absolute atomic E-state index is 0.00925. The fourth-order valence-corrected chi connectivity index (χ4v) is 4.44. The molecule has 0 amide bonds.